The standard InChI is InChI=1S/C14H24N2O5/c1-2-3-6-11(21-12(17)7-8-15)13(18)16-9-4-5-10(16)14(19)20/h10-11H,2-9,15H2,1H3,(H,19,20). The van der Waals surface area contributed by atoms with Crippen molar-refractivity contribution in [2.24, 2.45) is 5.73 Å². The van der Waals surface area contributed by atoms with E-state index < -0.39 is 30.0 Å². The summed E-state index contributed by atoms with van der Waals surface area (Å²) in [6.45, 7) is 2.53. The van der Waals surface area contributed by atoms with Gasteiger partial charge in [0.1, 0.15) is 6.04 Å². The third-order valence-electron chi connectivity index (χ3n) is 3.54. The molecule has 0 saturated carbocycles. The first-order valence-electron chi connectivity index (χ1n) is 7.44. The van der Waals surface area contributed by atoms with Crippen LogP contribution in [0.3, 0.4) is 0 Å². The van der Waals surface area contributed by atoms with E-state index in [0.717, 1.165) is 12.8 Å². The number of ether oxygens (including phenoxy) is 1. The number of carbonyl (C=O) groups excluding carboxylic acids is 2. The van der Waals surface area contributed by atoms with Gasteiger partial charge in [0.15, 0.2) is 6.10 Å². The topological polar surface area (TPSA) is 110 Å². The molecule has 0 aliphatic carbocycles. The molecular weight excluding hydrogens is 276 g/mol. The number of nitrogens with zero attached hydrogens (tertiary/aromatic N) is 1. The Hall–Kier alpha value is -1.63. The van der Waals surface area contributed by atoms with Gasteiger partial charge in [-0.25, -0.2) is 4.79 Å². The summed E-state index contributed by atoms with van der Waals surface area (Å²) in [6.07, 6.45) is 2.26. The van der Waals surface area contributed by atoms with Crippen molar-refractivity contribution in [2.75, 3.05) is 13.1 Å². The molecular formula is C14H24N2O5. The average Bonchev–Trinajstić information content (AvgIpc) is 2.92. The van der Waals surface area contributed by atoms with Crippen LogP contribution in [0.5, 0.6) is 0 Å². The summed E-state index contributed by atoms with van der Waals surface area (Å²) < 4.78 is 5.19. The summed E-state index contributed by atoms with van der Waals surface area (Å²) in [5.41, 5.74) is 5.29. The van der Waals surface area contributed by atoms with Gasteiger partial charge in [-0.3, -0.25) is 9.59 Å². The second-order valence-corrected chi connectivity index (χ2v) is 5.19. The molecule has 1 saturated heterocycles. The number of carbonyl (C=O) groups is 3. The van der Waals surface area contributed by atoms with Gasteiger partial charge < -0.3 is 20.5 Å². The van der Waals surface area contributed by atoms with E-state index in [2.05, 4.69) is 0 Å². The van der Waals surface area contributed by atoms with Crippen LogP contribution in [0.1, 0.15) is 45.4 Å². The molecule has 0 bridgehead atoms. The Morgan fingerprint density at radius 1 is 1.43 bits per heavy atom. The molecule has 120 valence electrons. The van der Waals surface area contributed by atoms with Crippen LogP contribution in [0.15, 0.2) is 0 Å². The van der Waals surface area contributed by atoms with Gasteiger partial charge >= 0.3 is 11.9 Å². The number of hydrogen-bond donors (Lipinski definition) is 2. The zero-order valence-corrected chi connectivity index (χ0v) is 12.4. The lowest BCUT2D eigenvalue weighted by atomic mass is 10.1. The third-order valence-corrected chi connectivity index (χ3v) is 3.54. The third kappa shape index (κ3) is 5.00. The van der Waals surface area contributed by atoms with Crippen molar-refractivity contribution in [3.05, 3.63) is 0 Å². The van der Waals surface area contributed by atoms with Gasteiger partial charge in [-0.05, 0) is 25.7 Å². The highest BCUT2D eigenvalue weighted by Gasteiger charge is 2.38. The first-order valence-corrected chi connectivity index (χ1v) is 7.44. The van der Waals surface area contributed by atoms with Crippen LogP contribution >= 0.6 is 0 Å². The Morgan fingerprint density at radius 3 is 2.71 bits per heavy atom. The largest absolute Gasteiger partial charge is 0.480 e. The fourth-order valence-electron chi connectivity index (χ4n) is 2.43. The molecule has 2 atom stereocenters. The highest BCUT2D eigenvalue weighted by Crippen LogP contribution is 2.21. The number of unbranched alkanes of at least 4 members (excludes halogenated alkanes) is 1. The normalized spacial score (nSPS) is 19.3. The minimum Gasteiger partial charge on any atom is -0.480 e. The molecule has 1 heterocycles. The van der Waals surface area contributed by atoms with Gasteiger partial charge in [-0.1, -0.05) is 13.3 Å². The second-order valence-electron chi connectivity index (χ2n) is 5.19. The van der Waals surface area contributed by atoms with Crippen LogP contribution in [-0.2, 0) is 19.1 Å². The van der Waals surface area contributed by atoms with Crippen molar-refractivity contribution in [1.29, 1.82) is 0 Å². The van der Waals surface area contributed by atoms with Crippen LogP contribution in [-0.4, -0.2) is 53.1 Å². The number of aliphatic carboxylic acids is 1. The number of amides is 1. The van der Waals surface area contributed by atoms with Gasteiger partial charge in [-0.15, -0.1) is 0 Å². The zero-order valence-electron chi connectivity index (χ0n) is 12.4. The number of likely N-dealkylation sites (tertiary alicyclic amines) is 1. The lowest BCUT2D eigenvalue weighted by Crippen LogP contribution is -2.46. The van der Waals surface area contributed by atoms with Gasteiger partial charge in [0.05, 0.1) is 6.42 Å². The van der Waals surface area contributed by atoms with Crippen LogP contribution in [0, 0.1) is 0 Å². The van der Waals surface area contributed by atoms with Crippen molar-refractivity contribution in [1.82, 2.24) is 4.90 Å². The molecule has 0 radical (unpaired) electrons. The molecule has 1 fully saturated rings. The monoisotopic (exact) mass is 300 g/mol. The molecule has 7 nitrogen and oxygen atoms in total. The SMILES string of the molecule is CCCCC(OC(=O)CCN)C(=O)N1CCCC1C(=O)O. The number of carboxylic acids is 1. The number of hydrogen-bond acceptors (Lipinski definition) is 5. The summed E-state index contributed by atoms with van der Waals surface area (Å²) in [5.74, 6) is -1.93. The Labute approximate surface area is 124 Å². The minimum atomic E-state index is -1.01. The quantitative estimate of drug-likeness (QED) is 0.632. The van der Waals surface area contributed by atoms with Gasteiger partial charge in [0.2, 0.25) is 0 Å². The van der Waals surface area contributed by atoms with Gasteiger partial charge in [-0.2, -0.15) is 0 Å². The van der Waals surface area contributed by atoms with Crippen molar-refractivity contribution in [3.8, 4) is 0 Å². The van der Waals surface area contributed by atoms with Crippen molar-refractivity contribution < 1.29 is 24.2 Å². The summed E-state index contributed by atoms with van der Waals surface area (Å²) in [5, 5.41) is 9.14. The van der Waals surface area contributed by atoms with E-state index in [1.165, 1.54) is 4.90 Å². The maximum Gasteiger partial charge on any atom is 0.326 e. The van der Waals surface area contributed by atoms with Crippen LogP contribution in [0.4, 0.5) is 0 Å². The molecule has 1 aliphatic heterocycles. The van der Waals surface area contributed by atoms with Gasteiger partial charge in [0, 0.05) is 13.1 Å². The zero-order chi connectivity index (χ0) is 15.8. The van der Waals surface area contributed by atoms with Crippen molar-refractivity contribution in [3.63, 3.8) is 0 Å². The van der Waals surface area contributed by atoms with Crippen LogP contribution < -0.4 is 5.73 Å². The number of carboxylic acid groups (broad SMARTS) is 1. The summed E-state index contributed by atoms with van der Waals surface area (Å²) in [4.78, 5) is 36.5. The first-order chi connectivity index (χ1) is 10.0. The molecule has 0 aromatic heterocycles. The molecule has 0 aromatic rings. The first kappa shape index (κ1) is 17.4. The Kier molecular flexibility index (Phi) is 7.14. The molecule has 0 aromatic carbocycles. The van der Waals surface area contributed by atoms with E-state index in [0.29, 0.717) is 25.8 Å². The maximum atomic E-state index is 12.5. The second kappa shape index (κ2) is 8.61. The average molecular weight is 300 g/mol. The molecule has 1 aliphatic rings. The Morgan fingerprint density at radius 2 is 2.14 bits per heavy atom. The summed E-state index contributed by atoms with van der Waals surface area (Å²) >= 11 is 0. The highest BCUT2D eigenvalue weighted by molar-refractivity contribution is 5.88. The van der Waals surface area contributed by atoms with Crippen molar-refractivity contribution in [2.45, 2.75) is 57.6 Å². The number of rotatable bonds is 8. The predicted molar refractivity (Wildman–Crippen MR) is 75.4 cm³/mol. The lowest BCUT2D eigenvalue weighted by Gasteiger charge is -2.26. The van der Waals surface area contributed by atoms with Crippen LogP contribution in [0.25, 0.3) is 0 Å². The fourth-order valence-corrected chi connectivity index (χ4v) is 2.43. The van der Waals surface area contributed by atoms with E-state index in [-0.39, 0.29) is 13.0 Å². The molecule has 1 rings (SSSR count). The van der Waals surface area contributed by atoms with E-state index in [4.69, 9.17) is 15.6 Å². The van der Waals surface area contributed by atoms with E-state index in [1.807, 2.05) is 6.92 Å². The van der Waals surface area contributed by atoms with Gasteiger partial charge in [0.25, 0.3) is 5.91 Å². The molecule has 7 heteroatoms. The van der Waals surface area contributed by atoms with E-state index >= 15 is 0 Å². The highest BCUT2D eigenvalue weighted by atomic mass is 16.5. The number of esters is 1. The molecule has 0 spiro atoms. The Bertz CT molecular complexity index is 386. The van der Waals surface area contributed by atoms with Crippen LogP contribution in [0.2, 0.25) is 0 Å². The molecule has 3 N–H and O–H groups in total. The van der Waals surface area contributed by atoms with Crippen molar-refractivity contribution >= 4 is 17.8 Å². The number of nitrogens with two attached hydrogens (primary N) is 1. The summed E-state index contributed by atoms with van der Waals surface area (Å²) in [6, 6.07) is -0.810. The summed E-state index contributed by atoms with van der Waals surface area (Å²) in [7, 11) is 0. The molecule has 2 unspecified atom stereocenters. The molecule has 1 amide bonds. The predicted octanol–water partition coefficient (Wildman–Crippen LogP) is 0.513. The smallest absolute Gasteiger partial charge is 0.326 e. The fraction of sp³-hybridized carbons (Fsp3) is 0.786. The Balaban J connectivity index is 2.73. The lowest BCUT2D eigenvalue weighted by molar-refractivity contribution is -0.163. The molecule has 21 heavy (non-hydrogen) atoms. The van der Waals surface area contributed by atoms with E-state index in [1.54, 1.807) is 0 Å². The maximum absolute atomic E-state index is 12.5. The minimum absolute atomic E-state index is 0.0538. The van der Waals surface area contributed by atoms with E-state index in [9.17, 15) is 14.4 Å².